The van der Waals surface area contributed by atoms with Gasteiger partial charge in [-0.25, -0.2) is 0 Å². The van der Waals surface area contributed by atoms with Crippen LogP contribution in [-0.2, 0) is 4.74 Å². The zero-order valence-corrected chi connectivity index (χ0v) is 13.4. The molecule has 1 rings (SSSR count). The first-order valence-electron chi connectivity index (χ1n) is 6.42. The summed E-state index contributed by atoms with van der Waals surface area (Å²) >= 11 is 3.64. The molecule has 0 aliphatic rings. The molecule has 1 atom stereocenters. The molecule has 1 unspecified atom stereocenters. The fourth-order valence-corrected chi connectivity index (χ4v) is 2.47. The Morgan fingerprint density at radius 3 is 2.50 bits per heavy atom. The Kier molecular flexibility index (Phi) is 6.33. The van der Waals surface area contributed by atoms with Crippen LogP contribution in [0.1, 0.15) is 38.7 Å². The van der Waals surface area contributed by atoms with Gasteiger partial charge in [0.1, 0.15) is 0 Å². The molecule has 102 valence electrons. The predicted molar refractivity (Wildman–Crippen MR) is 81.1 cm³/mol. The number of hydrogen-bond acceptors (Lipinski definition) is 2. The van der Waals surface area contributed by atoms with Crippen molar-refractivity contribution in [3.8, 4) is 0 Å². The van der Waals surface area contributed by atoms with Gasteiger partial charge in [0.15, 0.2) is 0 Å². The number of benzene rings is 1. The van der Waals surface area contributed by atoms with Crippen molar-refractivity contribution < 1.29 is 4.74 Å². The van der Waals surface area contributed by atoms with Crippen LogP contribution in [-0.4, -0.2) is 25.8 Å². The summed E-state index contributed by atoms with van der Waals surface area (Å²) in [4.78, 5) is 0. The van der Waals surface area contributed by atoms with Crippen LogP contribution in [0.4, 0.5) is 0 Å². The SMILES string of the molecule is COCCC(CNC(C)(C)C)c1ccccc1Br. The van der Waals surface area contributed by atoms with E-state index in [2.05, 4.69) is 66.3 Å². The number of rotatable bonds is 6. The smallest absolute Gasteiger partial charge is 0.0468 e. The van der Waals surface area contributed by atoms with Gasteiger partial charge < -0.3 is 10.1 Å². The first-order chi connectivity index (χ1) is 8.44. The van der Waals surface area contributed by atoms with Gasteiger partial charge in [-0.05, 0) is 44.7 Å². The largest absolute Gasteiger partial charge is 0.385 e. The molecule has 0 heterocycles. The maximum Gasteiger partial charge on any atom is 0.0468 e. The van der Waals surface area contributed by atoms with Crippen molar-refractivity contribution in [2.75, 3.05) is 20.3 Å². The van der Waals surface area contributed by atoms with E-state index in [0.717, 1.165) is 19.6 Å². The lowest BCUT2D eigenvalue weighted by molar-refractivity contribution is 0.185. The first kappa shape index (κ1) is 15.7. The standard InChI is InChI=1S/C15H24BrNO/c1-15(2,3)17-11-12(9-10-18-4)13-7-5-6-8-14(13)16/h5-8,12,17H,9-11H2,1-4H3. The summed E-state index contributed by atoms with van der Waals surface area (Å²) in [6, 6.07) is 8.44. The molecule has 3 heteroatoms. The summed E-state index contributed by atoms with van der Waals surface area (Å²) in [6.07, 6.45) is 1.03. The molecule has 1 aromatic carbocycles. The normalized spacial score (nSPS) is 13.6. The van der Waals surface area contributed by atoms with Gasteiger partial charge in [0.25, 0.3) is 0 Å². The molecule has 0 aromatic heterocycles. The van der Waals surface area contributed by atoms with Crippen molar-refractivity contribution in [2.24, 2.45) is 0 Å². The Morgan fingerprint density at radius 1 is 1.28 bits per heavy atom. The molecule has 0 spiro atoms. The van der Waals surface area contributed by atoms with E-state index in [1.165, 1.54) is 10.0 Å². The van der Waals surface area contributed by atoms with Crippen molar-refractivity contribution in [3.63, 3.8) is 0 Å². The molecule has 0 aliphatic heterocycles. The number of hydrogen-bond donors (Lipinski definition) is 1. The Bertz CT molecular complexity index is 360. The lowest BCUT2D eigenvalue weighted by Crippen LogP contribution is -2.38. The van der Waals surface area contributed by atoms with Gasteiger partial charge in [0, 0.05) is 30.3 Å². The molecule has 0 bridgehead atoms. The van der Waals surface area contributed by atoms with Crippen LogP contribution in [0, 0.1) is 0 Å². The molecule has 2 nitrogen and oxygen atoms in total. The van der Waals surface area contributed by atoms with E-state index in [1.807, 2.05) is 0 Å². The minimum absolute atomic E-state index is 0.145. The summed E-state index contributed by atoms with van der Waals surface area (Å²) in [6.45, 7) is 8.34. The van der Waals surface area contributed by atoms with E-state index < -0.39 is 0 Å². The molecule has 0 fully saturated rings. The van der Waals surface area contributed by atoms with Crippen LogP contribution >= 0.6 is 15.9 Å². The molecule has 18 heavy (non-hydrogen) atoms. The van der Waals surface area contributed by atoms with E-state index >= 15 is 0 Å². The monoisotopic (exact) mass is 313 g/mol. The highest BCUT2D eigenvalue weighted by Crippen LogP contribution is 2.27. The third kappa shape index (κ3) is 5.51. The Morgan fingerprint density at radius 2 is 1.94 bits per heavy atom. The maximum atomic E-state index is 5.22. The summed E-state index contributed by atoms with van der Waals surface area (Å²) in [5, 5.41) is 3.58. The third-order valence-corrected chi connectivity index (χ3v) is 3.62. The van der Waals surface area contributed by atoms with Crippen molar-refractivity contribution in [1.82, 2.24) is 5.32 Å². The van der Waals surface area contributed by atoms with E-state index in [9.17, 15) is 0 Å². The van der Waals surface area contributed by atoms with Gasteiger partial charge in [0.05, 0.1) is 0 Å². The molecule has 1 N–H and O–H groups in total. The average molecular weight is 314 g/mol. The molecule has 0 saturated heterocycles. The minimum Gasteiger partial charge on any atom is -0.385 e. The van der Waals surface area contributed by atoms with E-state index in [-0.39, 0.29) is 5.54 Å². The minimum atomic E-state index is 0.145. The lowest BCUT2D eigenvalue weighted by Gasteiger charge is -2.26. The fraction of sp³-hybridized carbons (Fsp3) is 0.600. The second-order valence-electron chi connectivity index (χ2n) is 5.63. The van der Waals surface area contributed by atoms with Gasteiger partial charge in [-0.3, -0.25) is 0 Å². The fourth-order valence-electron chi connectivity index (χ4n) is 1.86. The quantitative estimate of drug-likeness (QED) is 0.858. The van der Waals surface area contributed by atoms with Crippen molar-refractivity contribution >= 4 is 15.9 Å². The van der Waals surface area contributed by atoms with E-state index in [1.54, 1.807) is 7.11 Å². The van der Waals surface area contributed by atoms with Gasteiger partial charge >= 0.3 is 0 Å². The summed E-state index contributed by atoms with van der Waals surface area (Å²) < 4.78 is 6.40. The molecule has 0 aliphatic carbocycles. The number of ether oxygens (including phenoxy) is 1. The van der Waals surface area contributed by atoms with Crippen LogP contribution in [0.3, 0.4) is 0 Å². The highest BCUT2D eigenvalue weighted by Gasteiger charge is 2.17. The Labute approximate surface area is 119 Å². The zero-order valence-electron chi connectivity index (χ0n) is 11.8. The van der Waals surface area contributed by atoms with Gasteiger partial charge in [-0.15, -0.1) is 0 Å². The van der Waals surface area contributed by atoms with Crippen LogP contribution in [0.15, 0.2) is 28.7 Å². The maximum absolute atomic E-state index is 5.22. The van der Waals surface area contributed by atoms with Crippen LogP contribution in [0.25, 0.3) is 0 Å². The number of methoxy groups -OCH3 is 1. The average Bonchev–Trinajstić information content (AvgIpc) is 2.29. The topological polar surface area (TPSA) is 21.3 Å². The number of nitrogens with one attached hydrogen (secondary N) is 1. The predicted octanol–water partition coefficient (Wildman–Crippen LogP) is 3.96. The summed E-state index contributed by atoms with van der Waals surface area (Å²) in [5.74, 6) is 0.472. The molecule has 1 aromatic rings. The highest BCUT2D eigenvalue weighted by atomic mass is 79.9. The Hall–Kier alpha value is -0.380. The van der Waals surface area contributed by atoms with Gasteiger partial charge in [-0.2, -0.15) is 0 Å². The van der Waals surface area contributed by atoms with Crippen LogP contribution < -0.4 is 5.32 Å². The molecule has 0 radical (unpaired) electrons. The van der Waals surface area contributed by atoms with E-state index in [0.29, 0.717) is 5.92 Å². The zero-order chi connectivity index (χ0) is 13.6. The van der Waals surface area contributed by atoms with Gasteiger partial charge in [-0.1, -0.05) is 34.1 Å². The van der Waals surface area contributed by atoms with Crippen LogP contribution in [0.5, 0.6) is 0 Å². The Balaban J connectivity index is 2.75. The van der Waals surface area contributed by atoms with Crippen molar-refractivity contribution in [1.29, 1.82) is 0 Å². The molecule has 0 saturated carbocycles. The second kappa shape index (κ2) is 7.27. The van der Waals surface area contributed by atoms with Crippen molar-refractivity contribution in [2.45, 2.75) is 38.6 Å². The lowest BCUT2D eigenvalue weighted by atomic mass is 9.95. The molecular formula is C15H24BrNO. The summed E-state index contributed by atoms with van der Waals surface area (Å²) in [7, 11) is 1.76. The van der Waals surface area contributed by atoms with Crippen LogP contribution in [0.2, 0.25) is 0 Å². The number of halogens is 1. The van der Waals surface area contributed by atoms with Crippen molar-refractivity contribution in [3.05, 3.63) is 34.3 Å². The van der Waals surface area contributed by atoms with Gasteiger partial charge in [0.2, 0.25) is 0 Å². The third-order valence-electron chi connectivity index (χ3n) is 2.89. The highest BCUT2D eigenvalue weighted by molar-refractivity contribution is 9.10. The molecule has 0 amide bonds. The summed E-state index contributed by atoms with van der Waals surface area (Å²) in [5.41, 5.74) is 1.50. The second-order valence-corrected chi connectivity index (χ2v) is 6.49. The molecular weight excluding hydrogens is 290 g/mol. The first-order valence-corrected chi connectivity index (χ1v) is 7.21. The van der Waals surface area contributed by atoms with E-state index in [4.69, 9.17) is 4.74 Å².